The predicted octanol–water partition coefficient (Wildman–Crippen LogP) is 4.43. The largest absolute Gasteiger partial charge is 0.469 e. The highest BCUT2D eigenvalue weighted by atomic mass is 28.4. The topological polar surface area (TPSA) is 78.9 Å². The molecule has 166 valence electrons. The van der Waals surface area contributed by atoms with Crippen molar-refractivity contribution in [2.45, 2.75) is 84.0 Å². The van der Waals surface area contributed by atoms with Crippen LogP contribution in [-0.4, -0.2) is 45.9 Å². The first kappa shape index (κ1) is 25.6. The van der Waals surface area contributed by atoms with Gasteiger partial charge in [0.15, 0.2) is 14.1 Å². The van der Waals surface area contributed by atoms with E-state index >= 15 is 0 Å². The SMILES string of the molecule is COC(=O)CCC(=O)/C=C/[C@H]1[C@@H](CCOC(C)=O)CC[C@@H]1O[Si](C)(C)C(C)(C)C. The summed E-state index contributed by atoms with van der Waals surface area (Å²) in [5, 5.41) is 0.105. The molecule has 3 atom stereocenters. The Bertz CT molecular complexity index is 605. The average molecular weight is 427 g/mol. The number of esters is 2. The minimum atomic E-state index is -1.95. The second-order valence-corrected chi connectivity index (χ2v) is 14.1. The fraction of sp³-hybridized carbons (Fsp3) is 0.773. The second kappa shape index (κ2) is 11.1. The maximum absolute atomic E-state index is 12.2. The molecule has 1 aliphatic rings. The lowest BCUT2D eigenvalue weighted by Gasteiger charge is -2.40. The number of hydrogen-bond acceptors (Lipinski definition) is 6. The molecule has 0 aromatic heterocycles. The van der Waals surface area contributed by atoms with Crippen LogP contribution in [0.3, 0.4) is 0 Å². The van der Waals surface area contributed by atoms with Crippen LogP contribution in [0.5, 0.6) is 0 Å². The van der Waals surface area contributed by atoms with Crippen molar-refractivity contribution in [1.82, 2.24) is 0 Å². The molecular formula is C22H38O6Si. The van der Waals surface area contributed by atoms with Crippen LogP contribution >= 0.6 is 0 Å². The summed E-state index contributed by atoms with van der Waals surface area (Å²) in [4.78, 5) is 34.5. The lowest BCUT2D eigenvalue weighted by atomic mass is 9.91. The highest BCUT2D eigenvalue weighted by molar-refractivity contribution is 6.74. The lowest BCUT2D eigenvalue weighted by Crippen LogP contribution is -2.45. The summed E-state index contributed by atoms with van der Waals surface area (Å²) in [6, 6.07) is 0. The van der Waals surface area contributed by atoms with Gasteiger partial charge in [-0.1, -0.05) is 26.8 Å². The van der Waals surface area contributed by atoms with Gasteiger partial charge in [0.2, 0.25) is 0 Å². The van der Waals surface area contributed by atoms with Gasteiger partial charge < -0.3 is 13.9 Å². The molecule has 0 aromatic rings. The summed E-state index contributed by atoms with van der Waals surface area (Å²) >= 11 is 0. The van der Waals surface area contributed by atoms with Crippen LogP contribution in [0.4, 0.5) is 0 Å². The van der Waals surface area contributed by atoms with Gasteiger partial charge in [0, 0.05) is 19.3 Å². The van der Waals surface area contributed by atoms with Crippen LogP contribution in [0, 0.1) is 11.8 Å². The molecule has 0 aliphatic heterocycles. The Hall–Kier alpha value is -1.47. The van der Waals surface area contributed by atoms with Gasteiger partial charge in [-0.15, -0.1) is 0 Å². The summed E-state index contributed by atoms with van der Waals surface area (Å²) in [5.74, 6) is -0.351. The number of methoxy groups -OCH3 is 1. The first-order valence-electron chi connectivity index (χ1n) is 10.5. The number of rotatable bonds is 10. The maximum Gasteiger partial charge on any atom is 0.305 e. The van der Waals surface area contributed by atoms with Gasteiger partial charge in [-0.3, -0.25) is 14.4 Å². The molecule has 1 saturated carbocycles. The van der Waals surface area contributed by atoms with E-state index in [1.165, 1.54) is 14.0 Å². The summed E-state index contributed by atoms with van der Waals surface area (Å²) in [7, 11) is -0.630. The third-order valence-electron chi connectivity index (χ3n) is 6.15. The molecule has 1 aliphatic carbocycles. The van der Waals surface area contributed by atoms with Crippen LogP contribution in [0.15, 0.2) is 12.2 Å². The zero-order valence-corrected chi connectivity index (χ0v) is 20.1. The fourth-order valence-electron chi connectivity index (χ4n) is 3.36. The zero-order chi connectivity index (χ0) is 22.2. The molecular weight excluding hydrogens is 388 g/mol. The maximum atomic E-state index is 12.2. The molecule has 0 N–H and O–H groups in total. The van der Waals surface area contributed by atoms with Crippen molar-refractivity contribution in [3.05, 3.63) is 12.2 Å². The number of allylic oxidation sites excluding steroid dienone is 1. The molecule has 1 rings (SSSR count). The summed E-state index contributed by atoms with van der Waals surface area (Å²) in [6.45, 7) is 12.9. The Balaban J connectivity index is 2.86. The summed E-state index contributed by atoms with van der Waals surface area (Å²) < 4.78 is 16.4. The van der Waals surface area contributed by atoms with E-state index in [0.29, 0.717) is 12.5 Å². The Morgan fingerprint density at radius 2 is 1.76 bits per heavy atom. The van der Waals surface area contributed by atoms with Crippen LogP contribution < -0.4 is 0 Å². The van der Waals surface area contributed by atoms with Crippen LogP contribution in [0.25, 0.3) is 0 Å². The standard InChI is InChI=1S/C22H38O6Si/c1-16(23)27-15-14-17-8-12-20(28-29(6,7)22(2,3)4)19(17)11-9-18(24)10-13-21(25)26-5/h9,11,17,19-20H,8,10,12-15H2,1-7H3/b11-9+/t17-,19+,20+/m1/s1. The van der Waals surface area contributed by atoms with Gasteiger partial charge in [-0.25, -0.2) is 0 Å². The van der Waals surface area contributed by atoms with Crippen molar-refractivity contribution in [3.63, 3.8) is 0 Å². The van der Waals surface area contributed by atoms with Gasteiger partial charge >= 0.3 is 11.9 Å². The van der Waals surface area contributed by atoms with Crippen molar-refractivity contribution in [3.8, 4) is 0 Å². The van der Waals surface area contributed by atoms with Gasteiger partial charge in [0.25, 0.3) is 0 Å². The van der Waals surface area contributed by atoms with E-state index in [4.69, 9.17) is 9.16 Å². The van der Waals surface area contributed by atoms with E-state index in [1.807, 2.05) is 6.08 Å². The van der Waals surface area contributed by atoms with E-state index in [1.54, 1.807) is 6.08 Å². The first-order chi connectivity index (χ1) is 13.4. The van der Waals surface area contributed by atoms with E-state index in [0.717, 1.165) is 19.3 Å². The molecule has 0 saturated heterocycles. The predicted molar refractivity (Wildman–Crippen MR) is 115 cm³/mol. The monoisotopic (exact) mass is 426 g/mol. The summed E-state index contributed by atoms with van der Waals surface area (Å²) in [5.41, 5.74) is 0. The van der Waals surface area contributed by atoms with E-state index < -0.39 is 8.32 Å². The quantitative estimate of drug-likeness (QED) is 0.292. The molecule has 0 spiro atoms. The zero-order valence-electron chi connectivity index (χ0n) is 19.1. The molecule has 0 aromatic carbocycles. The van der Waals surface area contributed by atoms with Gasteiger partial charge in [0.05, 0.1) is 26.2 Å². The molecule has 29 heavy (non-hydrogen) atoms. The average Bonchev–Trinajstić information content (AvgIpc) is 2.97. The minimum Gasteiger partial charge on any atom is -0.469 e. The Morgan fingerprint density at radius 3 is 2.31 bits per heavy atom. The Kier molecular flexibility index (Phi) is 9.75. The van der Waals surface area contributed by atoms with Crippen molar-refractivity contribution in [1.29, 1.82) is 0 Å². The molecule has 0 unspecified atom stereocenters. The van der Waals surface area contributed by atoms with Gasteiger partial charge in [-0.05, 0) is 49.4 Å². The number of hydrogen-bond donors (Lipinski definition) is 0. The van der Waals surface area contributed by atoms with Crippen molar-refractivity contribution in [2.24, 2.45) is 11.8 Å². The first-order valence-corrected chi connectivity index (χ1v) is 13.4. The minimum absolute atomic E-state index is 0.0582. The van der Waals surface area contributed by atoms with Crippen molar-refractivity contribution < 1.29 is 28.3 Å². The smallest absolute Gasteiger partial charge is 0.305 e. The number of carbonyl (C=O) groups is 3. The number of ether oxygens (including phenoxy) is 2. The number of ketones is 1. The molecule has 0 bridgehead atoms. The normalized spacial score (nSPS) is 22.7. The molecule has 0 heterocycles. The lowest BCUT2D eigenvalue weighted by molar-refractivity contribution is -0.142. The Morgan fingerprint density at radius 1 is 1.10 bits per heavy atom. The molecule has 1 fully saturated rings. The molecule has 0 amide bonds. The second-order valence-electron chi connectivity index (χ2n) is 9.36. The molecule has 7 heteroatoms. The third-order valence-corrected chi connectivity index (χ3v) is 10.7. The Labute approximate surface area is 176 Å². The third kappa shape index (κ3) is 8.42. The van der Waals surface area contributed by atoms with Crippen molar-refractivity contribution in [2.75, 3.05) is 13.7 Å². The highest BCUT2D eigenvalue weighted by Crippen LogP contribution is 2.43. The molecule has 0 radical (unpaired) electrons. The van der Waals surface area contributed by atoms with Crippen molar-refractivity contribution >= 4 is 26.0 Å². The van der Waals surface area contributed by atoms with Gasteiger partial charge in [0.1, 0.15) is 0 Å². The van der Waals surface area contributed by atoms with Crippen LogP contribution in [-0.2, 0) is 28.3 Å². The van der Waals surface area contributed by atoms with E-state index in [2.05, 4.69) is 38.6 Å². The van der Waals surface area contributed by atoms with E-state index in [-0.39, 0.29) is 47.6 Å². The highest BCUT2D eigenvalue weighted by Gasteiger charge is 2.43. The number of carbonyl (C=O) groups excluding carboxylic acids is 3. The van der Waals surface area contributed by atoms with Gasteiger partial charge in [-0.2, -0.15) is 0 Å². The van der Waals surface area contributed by atoms with Crippen LogP contribution in [0.2, 0.25) is 18.1 Å². The fourth-order valence-corrected chi connectivity index (χ4v) is 4.75. The van der Waals surface area contributed by atoms with E-state index in [9.17, 15) is 14.4 Å². The summed E-state index contributed by atoms with van der Waals surface area (Å²) in [6.07, 6.45) is 6.48. The van der Waals surface area contributed by atoms with Crippen LogP contribution in [0.1, 0.15) is 59.8 Å². The molecule has 6 nitrogen and oxygen atoms in total.